The van der Waals surface area contributed by atoms with Crippen LogP contribution in [0, 0.1) is 5.92 Å². The van der Waals surface area contributed by atoms with E-state index in [0.29, 0.717) is 6.54 Å². The van der Waals surface area contributed by atoms with Crippen LogP contribution in [0.25, 0.3) is 0 Å². The average molecular weight is 287 g/mol. The second-order valence-corrected chi connectivity index (χ2v) is 4.87. The number of carbonyl (C=O) groups is 1. The first kappa shape index (κ1) is 17.7. The van der Waals surface area contributed by atoms with Crippen LogP contribution in [0.4, 0.5) is 5.82 Å². The molecule has 19 heavy (non-hydrogen) atoms. The van der Waals surface area contributed by atoms with Crippen molar-refractivity contribution in [1.82, 2.24) is 10.3 Å². The Morgan fingerprint density at radius 2 is 2.05 bits per heavy atom. The summed E-state index contributed by atoms with van der Waals surface area (Å²) in [4.78, 5) is 18.0. The lowest BCUT2D eigenvalue weighted by molar-refractivity contribution is -0.123. The summed E-state index contributed by atoms with van der Waals surface area (Å²) in [6.45, 7) is 4.26. The van der Waals surface area contributed by atoms with E-state index in [9.17, 15) is 4.79 Å². The predicted molar refractivity (Wildman–Crippen MR) is 80.5 cm³/mol. The van der Waals surface area contributed by atoms with E-state index in [0.717, 1.165) is 11.5 Å². The number of nitrogens with one attached hydrogen (secondary N) is 1. The van der Waals surface area contributed by atoms with Gasteiger partial charge in [0.2, 0.25) is 5.91 Å². The van der Waals surface area contributed by atoms with Crippen molar-refractivity contribution in [3.05, 3.63) is 23.9 Å². The van der Waals surface area contributed by atoms with Crippen molar-refractivity contribution in [1.29, 1.82) is 0 Å². The molecule has 1 amide bonds. The van der Waals surface area contributed by atoms with E-state index in [2.05, 4.69) is 10.3 Å². The zero-order chi connectivity index (χ0) is 13.7. The zero-order valence-electron chi connectivity index (χ0n) is 11.9. The number of nitrogens with zero attached hydrogens (tertiary/aromatic N) is 2. The third kappa shape index (κ3) is 5.44. The second kappa shape index (κ2) is 7.96. The van der Waals surface area contributed by atoms with Gasteiger partial charge in [-0.15, -0.1) is 12.4 Å². The van der Waals surface area contributed by atoms with Crippen LogP contribution in [0.15, 0.2) is 18.2 Å². The van der Waals surface area contributed by atoms with Gasteiger partial charge in [-0.3, -0.25) is 4.79 Å². The van der Waals surface area contributed by atoms with Crippen LogP contribution in [-0.4, -0.2) is 31.0 Å². The minimum atomic E-state index is -0.470. The maximum atomic E-state index is 11.7. The molecule has 0 aromatic carbocycles. The predicted octanol–water partition coefficient (Wildman–Crippen LogP) is 1.17. The van der Waals surface area contributed by atoms with E-state index in [4.69, 9.17) is 5.73 Å². The Morgan fingerprint density at radius 1 is 1.42 bits per heavy atom. The molecular formula is C13H23ClN4O. The lowest BCUT2D eigenvalue weighted by Crippen LogP contribution is -2.43. The van der Waals surface area contributed by atoms with Gasteiger partial charge in [0.1, 0.15) is 5.82 Å². The summed E-state index contributed by atoms with van der Waals surface area (Å²) in [5.41, 5.74) is 6.59. The maximum absolute atomic E-state index is 11.7. The summed E-state index contributed by atoms with van der Waals surface area (Å²) in [6.07, 6.45) is 0. The minimum absolute atomic E-state index is 0. The number of hydrogen-bond donors (Lipinski definition) is 2. The van der Waals surface area contributed by atoms with Crippen molar-refractivity contribution in [2.75, 3.05) is 19.0 Å². The Hall–Kier alpha value is -1.33. The van der Waals surface area contributed by atoms with Crippen LogP contribution >= 0.6 is 12.4 Å². The van der Waals surface area contributed by atoms with Gasteiger partial charge >= 0.3 is 0 Å². The summed E-state index contributed by atoms with van der Waals surface area (Å²) in [7, 11) is 3.86. The molecule has 6 heteroatoms. The van der Waals surface area contributed by atoms with Gasteiger partial charge in [-0.2, -0.15) is 0 Å². The Labute approximate surface area is 121 Å². The van der Waals surface area contributed by atoms with Crippen molar-refractivity contribution in [2.45, 2.75) is 26.4 Å². The Balaban J connectivity index is 0.00000324. The highest BCUT2D eigenvalue weighted by molar-refractivity contribution is 5.85. The molecule has 0 saturated heterocycles. The molecule has 0 saturated carbocycles. The number of halogens is 1. The van der Waals surface area contributed by atoms with Gasteiger partial charge in [0.25, 0.3) is 0 Å². The molecule has 1 aromatic rings. The Kier molecular flexibility index (Phi) is 7.41. The van der Waals surface area contributed by atoms with E-state index >= 15 is 0 Å². The molecule has 0 aliphatic carbocycles. The summed E-state index contributed by atoms with van der Waals surface area (Å²) in [6, 6.07) is 5.26. The molecule has 5 nitrogen and oxygen atoms in total. The molecule has 108 valence electrons. The number of anilines is 1. The van der Waals surface area contributed by atoms with Crippen LogP contribution in [0.5, 0.6) is 0 Å². The molecule has 1 rings (SSSR count). The maximum Gasteiger partial charge on any atom is 0.237 e. The lowest BCUT2D eigenvalue weighted by Gasteiger charge is -2.16. The monoisotopic (exact) mass is 286 g/mol. The molecule has 1 aromatic heterocycles. The van der Waals surface area contributed by atoms with E-state index in [1.54, 1.807) is 0 Å². The van der Waals surface area contributed by atoms with Gasteiger partial charge in [0.05, 0.1) is 18.3 Å². The van der Waals surface area contributed by atoms with E-state index in [1.165, 1.54) is 0 Å². The van der Waals surface area contributed by atoms with E-state index < -0.39 is 6.04 Å². The van der Waals surface area contributed by atoms with Crippen molar-refractivity contribution in [2.24, 2.45) is 11.7 Å². The molecule has 0 aliphatic heterocycles. The van der Waals surface area contributed by atoms with Crippen LogP contribution in [0.2, 0.25) is 0 Å². The number of rotatable bonds is 5. The summed E-state index contributed by atoms with van der Waals surface area (Å²) < 4.78 is 0. The summed E-state index contributed by atoms with van der Waals surface area (Å²) in [5, 5.41) is 2.80. The fourth-order valence-corrected chi connectivity index (χ4v) is 1.41. The quantitative estimate of drug-likeness (QED) is 0.852. The first-order chi connectivity index (χ1) is 8.41. The summed E-state index contributed by atoms with van der Waals surface area (Å²) in [5.74, 6) is 0.864. The van der Waals surface area contributed by atoms with E-state index in [1.807, 2.05) is 51.0 Å². The number of carbonyl (C=O) groups excluding carboxylic acids is 1. The molecule has 0 radical (unpaired) electrons. The third-order valence-corrected chi connectivity index (χ3v) is 2.71. The largest absolute Gasteiger partial charge is 0.363 e. The smallest absolute Gasteiger partial charge is 0.237 e. The van der Waals surface area contributed by atoms with Gasteiger partial charge in [-0.25, -0.2) is 4.98 Å². The van der Waals surface area contributed by atoms with Gasteiger partial charge in [0, 0.05) is 14.1 Å². The fourth-order valence-electron chi connectivity index (χ4n) is 1.41. The number of hydrogen-bond acceptors (Lipinski definition) is 4. The molecule has 1 atom stereocenters. The zero-order valence-corrected chi connectivity index (χ0v) is 12.7. The number of amides is 1. The fraction of sp³-hybridized carbons (Fsp3) is 0.538. The molecule has 0 unspecified atom stereocenters. The highest BCUT2D eigenvalue weighted by Gasteiger charge is 2.16. The number of nitrogens with two attached hydrogens (primary N) is 1. The van der Waals surface area contributed by atoms with Crippen molar-refractivity contribution in [3.63, 3.8) is 0 Å². The molecule has 0 fully saturated rings. The highest BCUT2D eigenvalue weighted by Crippen LogP contribution is 2.07. The SMILES string of the molecule is CC(C)[C@H](N)C(=O)NCc1cccc(N(C)C)n1.Cl. The lowest BCUT2D eigenvalue weighted by atomic mass is 10.1. The Morgan fingerprint density at radius 3 is 2.58 bits per heavy atom. The van der Waals surface area contributed by atoms with Gasteiger partial charge < -0.3 is 16.0 Å². The number of aromatic nitrogens is 1. The van der Waals surface area contributed by atoms with Gasteiger partial charge in [0.15, 0.2) is 0 Å². The number of pyridine rings is 1. The molecule has 1 heterocycles. The standard InChI is InChI=1S/C13H22N4O.ClH/c1-9(2)12(14)13(18)15-8-10-6-5-7-11(16-10)17(3)4;/h5-7,9,12H,8,14H2,1-4H3,(H,15,18);1H/t12-;/m0./s1. The minimum Gasteiger partial charge on any atom is -0.363 e. The summed E-state index contributed by atoms with van der Waals surface area (Å²) >= 11 is 0. The molecule has 0 bridgehead atoms. The van der Waals surface area contributed by atoms with Gasteiger partial charge in [-0.05, 0) is 18.1 Å². The Bertz CT molecular complexity index is 409. The normalized spacial score (nSPS) is 11.7. The van der Waals surface area contributed by atoms with Crippen LogP contribution in [-0.2, 0) is 11.3 Å². The van der Waals surface area contributed by atoms with Crippen LogP contribution in [0.1, 0.15) is 19.5 Å². The van der Waals surface area contributed by atoms with Gasteiger partial charge in [-0.1, -0.05) is 19.9 Å². The van der Waals surface area contributed by atoms with Crippen LogP contribution < -0.4 is 16.0 Å². The first-order valence-electron chi connectivity index (χ1n) is 6.08. The molecule has 0 aliphatic rings. The van der Waals surface area contributed by atoms with Crippen molar-refractivity contribution in [3.8, 4) is 0 Å². The van der Waals surface area contributed by atoms with Crippen LogP contribution in [0.3, 0.4) is 0 Å². The third-order valence-electron chi connectivity index (χ3n) is 2.71. The van der Waals surface area contributed by atoms with E-state index in [-0.39, 0.29) is 24.2 Å². The molecular weight excluding hydrogens is 264 g/mol. The average Bonchev–Trinajstić information content (AvgIpc) is 2.35. The van der Waals surface area contributed by atoms with Crippen molar-refractivity contribution >= 4 is 24.1 Å². The first-order valence-corrected chi connectivity index (χ1v) is 6.08. The molecule has 0 spiro atoms. The molecule has 3 N–H and O–H groups in total. The van der Waals surface area contributed by atoms with Crippen molar-refractivity contribution < 1.29 is 4.79 Å². The topological polar surface area (TPSA) is 71.2 Å². The second-order valence-electron chi connectivity index (χ2n) is 4.87. The highest BCUT2D eigenvalue weighted by atomic mass is 35.5.